The lowest BCUT2D eigenvalue weighted by molar-refractivity contribution is 0.297. The van der Waals surface area contributed by atoms with Gasteiger partial charge in [0.1, 0.15) is 16.4 Å². The number of rotatable bonds is 11. The predicted octanol–water partition coefficient (Wildman–Crippen LogP) is 2.10. The van der Waals surface area contributed by atoms with Crippen LogP contribution in [0.1, 0.15) is 26.7 Å². The third-order valence-electron chi connectivity index (χ3n) is 3.75. The van der Waals surface area contributed by atoms with Crippen LogP contribution in [0.5, 0.6) is 11.5 Å². The van der Waals surface area contributed by atoms with Gasteiger partial charge < -0.3 is 14.4 Å². The van der Waals surface area contributed by atoms with Gasteiger partial charge in [0, 0.05) is 12.6 Å². The summed E-state index contributed by atoms with van der Waals surface area (Å²) in [6, 6.07) is 4.73. The van der Waals surface area contributed by atoms with Crippen molar-refractivity contribution in [1.82, 2.24) is 9.62 Å². The summed E-state index contributed by atoms with van der Waals surface area (Å²) >= 11 is 0. The number of nitrogens with one attached hydrogen (secondary N) is 1. The molecule has 0 heterocycles. The molecule has 0 saturated carbocycles. The first kappa shape index (κ1) is 19.7. The number of unbranched alkanes of at least 4 members (excludes halogenated alkanes) is 1. The van der Waals surface area contributed by atoms with Gasteiger partial charge in [-0.1, -0.05) is 13.8 Å². The Hall–Kier alpha value is -1.31. The molecular formula is C16H28N2O4S. The molecule has 0 saturated heterocycles. The van der Waals surface area contributed by atoms with Crippen LogP contribution in [0.4, 0.5) is 0 Å². The van der Waals surface area contributed by atoms with Crippen molar-refractivity contribution in [2.75, 3.05) is 40.4 Å². The van der Waals surface area contributed by atoms with Gasteiger partial charge in [0.15, 0.2) is 0 Å². The van der Waals surface area contributed by atoms with Crippen LogP contribution < -0.4 is 14.2 Å². The fourth-order valence-electron chi connectivity index (χ4n) is 2.28. The van der Waals surface area contributed by atoms with Gasteiger partial charge in [-0.05, 0) is 44.6 Å². The van der Waals surface area contributed by atoms with Crippen molar-refractivity contribution < 1.29 is 17.9 Å². The Labute approximate surface area is 139 Å². The zero-order valence-corrected chi connectivity index (χ0v) is 15.3. The largest absolute Gasteiger partial charge is 0.497 e. The van der Waals surface area contributed by atoms with E-state index in [0.717, 1.165) is 32.5 Å². The molecule has 1 rings (SSSR count). The van der Waals surface area contributed by atoms with Gasteiger partial charge in [-0.25, -0.2) is 13.1 Å². The Morgan fingerprint density at radius 2 is 1.78 bits per heavy atom. The summed E-state index contributed by atoms with van der Waals surface area (Å²) < 4.78 is 37.7. The van der Waals surface area contributed by atoms with E-state index in [1.165, 1.54) is 20.3 Å². The second kappa shape index (κ2) is 9.75. The highest BCUT2D eigenvalue weighted by atomic mass is 32.2. The van der Waals surface area contributed by atoms with E-state index < -0.39 is 10.0 Å². The van der Waals surface area contributed by atoms with E-state index in [2.05, 4.69) is 23.5 Å². The predicted molar refractivity (Wildman–Crippen MR) is 91.8 cm³/mol. The average molecular weight is 344 g/mol. The summed E-state index contributed by atoms with van der Waals surface area (Å²) in [5.41, 5.74) is 0. The normalized spacial score (nSPS) is 11.7. The molecule has 23 heavy (non-hydrogen) atoms. The SMILES string of the molecule is CCN(CC)CCCCNS(=O)(=O)c1cc(OC)ccc1OC. The number of hydrogen-bond acceptors (Lipinski definition) is 5. The van der Waals surface area contributed by atoms with Crippen LogP contribution in [0.3, 0.4) is 0 Å². The minimum Gasteiger partial charge on any atom is -0.497 e. The van der Waals surface area contributed by atoms with Gasteiger partial charge in [-0.2, -0.15) is 0 Å². The molecule has 132 valence electrons. The lowest BCUT2D eigenvalue weighted by Gasteiger charge is -2.17. The molecule has 1 aromatic rings. The molecular weight excluding hydrogens is 316 g/mol. The quantitative estimate of drug-likeness (QED) is 0.623. The monoisotopic (exact) mass is 344 g/mol. The Bertz CT molecular complexity index is 571. The van der Waals surface area contributed by atoms with Crippen molar-refractivity contribution in [2.24, 2.45) is 0 Å². The number of benzene rings is 1. The molecule has 0 aromatic heterocycles. The summed E-state index contributed by atoms with van der Waals surface area (Å²) in [4.78, 5) is 2.42. The van der Waals surface area contributed by atoms with E-state index in [9.17, 15) is 8.42 Å². The highest BCUT2D eigenvalue weighted by molar-refractivity contribution is 7.89. The number of methoxy groups -OCH3 is 2. The van der Waals surface area contributed by atoms with Crippen LogP contribution in [0, 0.1) is 0 Å². The molecule has 0 aliphatic carbocycles. The summed E-state index contributed by atoms with van der Waals surface area (Å²) in [7, 11) is -0.668. The van der Waals surface area contributed by atoms with E-state index in [1.54, 1.807) is 12.1 Å². The summed E-state index contributed by atoms with van der Waals surface area (Å²) in [6.45, 7) is 7.68. The van der Waals surface area contributed by atoms with Crippen LogP contribution in [0.2, 0.25) is 0 Å². The van der Waals surface area contributed by atoms with Crippen LogP contribution in [0.25, 0.3) is 0 Å². The highest BCUT2D eigenvalue weighted by Gasteiger charge is 2.20. The van der Waals surface area contributed by atoms with Gasteiger partial charge in [0.05, 0.1) is 14.2 Å². The van der Waals surface area contributed by atoms with Crippen LogP contribution in [-0.4, -0.2) is 53.7 Å². The van der Waals surface area contributed by atoms with Crippen LogP contribution >= 0.6 is 0 Å². The van der Waals surface area contributed by atoms with Crippen molar-refractivity contribution >= 4 is 10.0 Å². The number of hydrogen-bond donors (Lipinski definition) is 1. The van der Waals surface area contributed by atoms with Gasteiger partial charge in [-0.3, -0.25) is 0 Å². The van der Waals surface area contributed by atoms with Gasteiger partial charge in [0.2, 0.25) is 10.0 Å². The Kier molecular flexibility index (Phi) is 8.36. The Morgan fingerprint density at radius 1 is 1.09 bits per heavy atom. The molecule has 6 nitrogen and oxygen atoms in total. The maximum atomic E-state index is 12.4. The van der Waals surface area contributed by atoms with Crippen molar-refractivity contribution in [1.29, 1.82) is 0 Å². The summed E-state index contributed by atoms with van der Waals surface area (Å²) in [5, 5.41) is 0. The molecule has 0 atom stereocenters. The second-order valence-corrected chi connectivity index (χ2v) is 6.88. The fraction of sp³-hybridized carbons (Fsp3) is 0.625. The second-order valence-electron chi connectivity index (χ2n) is 5.15. The fourth-order valence-corrected chi connectivity index (χ4v) is 3.53. The zero-order valence-electron chi connectivity index (χ0n) is 14.5. The number of ether oxygens (including phenoxy) is 2. The van der Waals surface area contributed by atoms with Crippen LogP contribution in [0.15, 0.2) is 23.1 Å². The van der Waals surface area contributed by atoms with E-state index in [4.69, 9.17) is 9.47 Å². The van der Waals surface area contributed by atoms with Crippen molar-refractivity contribution in [2.45, 2.75) is 31.6 Å². The lowest BCUT2D eigenvalue weighted by atomic mass is 10.3. The molecule has 0 spiro atoms. The van der Waals surface area contributed by atoms with E-state index in [0.29, 0.717) is 18.0 Å². The van der Waals surface area contributed by atoms with Gasteiger partial charge >= 0.3 is 0 Å². The lowest BCUT2D eigenvalue weighted by Crippen LogP contribution is -2.27. The molecule has 0 unspecified atom stereocenters. The number of nitrogens with zero attached hydrogens (tertiary/aromatic N) is 1. The van der Waals surface area contributed by atoms with Gasteiger partial charge in [-0.15, -0.1) is 0 Å². The first-order chi connectivity index (χ1) is 11.0. The molecule has 0 fully saturated rings. The average Bonchev–Trinajstić information content (AvgIpc) is 2.57. The third kappa shape index (κ3) is 6.01. The molecule has 7 heteroatoms. The Morgan fingerprint density at radius 3 is 2.35 bits per heavy atom. The molecule has 0 aliphatic rings. The molecule has 0 bridgehead atoms. The minimum absolute atomic E-state index is 0.100. The van der Waals surface area contributed by atoms with Gasteiger partial charge in [0.25, 0.3) is 0 Å². The summed E-state index contributed by atoms with van der Waals surface area (Å²) in [6.07, 6.45) is 1.75. The highest BCUT2D eigenvalue weighted by Crippen LogP contribution is 2.27. The zero-order chi connectivity index (χ0) is 17.3. The smallest absolute Gasteiger partial charge is 0.244 e. The molecule has 1 aromatic carbocycles. The standard InChI is InChI=1S/C16H28N2O4S/c1-5-18(6-2)12-8-7-11-17-23(19,20)16-13-14(21-3)9-10-15(16)22-4/h9-10,13,17H,5-8,11-12H2,1-4H3. The maximum absolute atomic E-state index is 12.4. The van der Waals surface area contributed by atoms with Crippen LogP contribution in [-0.2, 0) is 10.0 Å². The van der Waals surface area contributed by atoms with Crippen molar-refractivity contribution in [3.05, 3.63) is 18.2 Å². The number of sulfonamides is 1. The van der Waals surface area contributed by atoms with Crippen molar-refractivity contribution in [3.8, 4) is 11.5 Å². The molecule has 1 N–H and O–H groups in total. The van der Waals surface area contributed by atoms with Crippen molar-refractivity contribution in [3.63, 3.8) is 0 Å². The molecule has 0 aliphatic heterocycles. The molecule has 0 radical (unpaired) electrons. The van der Waals surface area contributed by atoms with E-state index >= 15 is 0 Å². The summed E-state index contributed by atoms with van der Waals surface area (Å²) in [5.74, 6) is 0.786. The Balaban J connectivity index is 2.62. The first-order valence-electron chi connectivity index (χ1n) is 7.92. The minimum atomic E-state index is -3.62. The topological polar surface area (TPSA) is 67.9 Å². The van der Waals surface area contributed by atoms with E-state index in [-0.39, 0.29) is 4.90 Å². The molecule has 0 amide bonds. The van der Waals surface area contributed by atoms with E-state index in [1.807, 2.05) is 0 Å². The first-order valence-corrected chi connectivity index (χ1v) is 9.40. The maximum Gasteiger partial charge on any atom is 0.244 e. The third-order valence-corrected chi connectivity index (χ3v) is 5.23.